The fourth-order valence-corrected chi connectivity index (χ4v) is 4.11. The molecule has 178 valence electrons. The lowest BCUT2D eigenvalue weighted by atomic mass is 9.98. The summed E-state index contributed by atoms with van der Waals surface area (Å²) < 4.78 is 19.8. The first-order chi connectivity index (χ1) is 16.9. The molecular formula is C29H26FNO4. The molecule has 0 heterocycles. The highest BCUT2D eigenvalue weighted by Crippen LogP contribution is 2.28. The van der Waals surface area contributed by atoms with E-state index >= 15 is 0 Å². The summed E-state index contributed by atoms with van der Waals surface area (Å²) in [5, 5.41) is 14.2. The second-order valence-electron chi connectivity index (χ2n) is 8.36. The first-order valence-corrected chi connectivity index (χ1v) is 11.5. The summed E-state index contributed by atoms with van der Waals surface area (Å²) >= 11 is 0. The van der Waals surface area contributed by atoms with Crippen molar-refractivity contribution in [2.45, 2.75) is 32.2 Å². The molecule has 0 radical (unpaired) electrons. The van der Waals surface area contributed by atoms with Crippen LogP contribution in [0.5, 0.6) is 11.5 Å². The average Bonchev–Trinajstić information content (AvgIpc) is 2.85. The number of nitrogens with one attached hydrogen (secondary N) is 1. The summed E-state index contributed by atoms with van der Waals surface area (Å²) in [6.45, 7) is 1.92. The Morgan fingerprint density at radius 1 is 0.971 bits per heavy atom. The van der Waals surface area contributed by atoms with Gasteiger partial charge < -0.3 is 15.2 Å². The zero-order valence-corrected chi connectivity index (χ0v) is 19.3. The van der Waals surface area contributed by atoms with Crippen molar-refractivity contribution < 1.29 is 23.8 Å². The lowest BCUT2D eigenvalue weighted by Gasteiger charge is -2.19. The van der Waals surface area contributed by atoms with Gasteiger partial charge in [-0.3, -0.25) is 9.59 Å². The van der Waals surface area contributed by atoms with Crippen molar-refractivity contribution in [3.63, 3.8) is 0 Å². The van der Waals surface area contributed by atoms with Gasteiger partial charge in [0.15, 0.2) is 11.6 Å². The van der Waals surface area contributed by atoms with E-state index in [9.17, 15) is 14.0 Å². The average molecular weight is 472 g/mol. The smallest absolute Gasteiger partial charge is 0.303 e. The number of hydrogen-bond acceptors (Lipinski definition) is 3. The largest absolute Gasteiger partial charge is 0.481 e. The van der Waals surface area contributed by atoms with Gasteiger partial charge in [0, 0.05) is 12.0 Å². The van der Waals surface area contributed by atoms with Crippen LogP contribution in [-0.2, 0) is 11.2 Å². The van der Waals surface area contributed by atoms with Crippen LogP contribution in [0.1, 0.15) is 47.3 Å². The number of ether oxygens (including phenoxy) is 1. The highest BCUT2D eigenvalue weighted by atomic mass is 19.1. The van der Waals surface area contributed by atoms with Crippen molar-refractivity contribution in [1.82, 2.24) is 5.32 Å². The standard InChI is InChI=1S/C29H26FNO4/c1-19(23-12-6-9-20-8-2-3-11-24(20)23)31-29(34)25-18-22(35-27-14-5-4-13-26(27)30)17-16-21(25)10-7-15-28(32)33/h2-6,8-9,11-14,16-19H,7,10,15H2,1H3,(H,31,34)(H,32,33)/t19-/m1/s1. The summed E-state index contributed by atoms with van der Waals surface area (Å²) in [5.74, 6) is -1.33. The third-order valence-corrected chi connectivity index (χ3v) is 5.86. The summed E-state index contributed by atoms with van der Waals surface area (Å²) in [6.07, 6.45) is 0.806. The number of aryl methyl sites for hydroxylation is 1. The maximum absolute atomic E-state index is 14.1. The van der Waals surface area contributed by atoms with Gasteiger partial charge in [0.2, 0.25) is 0 Å². The number of carboxylic acid groups (broad SMARTS) is 1. The minimum absolute atomic E-state index is 0.000937. The number of fused-ring (bicyclic) bond motifs is 1. The number of carbonyl (C=O) groups excluding carboxylic acids is 1. The van der Waals surface area contributed by atoms with E-state index in [4.69, 9.17) is 9.84 Å². The Morgan fingerprint density at radius 2 is 1.71 bits per heavy atom. The van der Waals surface area contributed by atoms with Gasteiger partial charge in [-0.2, -0.15) is 0 Å². The highest BCUT2D eigenvalue weighted by molar-refractivity contribution is 5.97. The lowest BCUT2D eigenvalue weighted by molar-refractivity contribution is -0.137. The second kappa shape index (κ2) is 10.8. The summed E-state index contributed by atoms with van der Waals surface area (Å²) in [5.41, 5.74) is 2.06. The van der Waals surface area contributed by atoms with Crippen molar-refractivity contribution in [3.8, 4) is 11.5 Å². The molecule has 0 unspecified atom stereocenters. The number of hydrogen-bond donors (Lipinski definition) is 2. The molecule has 0 aromatic heterocycles. The molecule has 0 saturated heterocycles. The minimum atomic E-state index is -0.889. The minimum Gasteiger partial charge on any atom is -0.481 e. The molecule has 4 rings (SSSR count). The normalized spacial score (nSPS) is 11.7. The maximum atomic E-state index is 14.1. The molecule has 0 spiro atoms. The lowest BCUT2D eigenvalue weighted by Crippen LogP contribution is -2.27. The van der Waals surface area contributed by atoms with Crippen LogP contribution in [0.15, 0.2) is 84.9 Å². The zero-order valence-electron chi connectivity index (χ0n) is 19.3. The van der Waals surface area contributed by atoms with Crippen molar-refractivity contribution in [3.05, 3.63) is 107 Å². The van der Waals surface area contributed by atoms with E-state index in [1.165, 1.54) is 12.1 Å². The molecular weight excluding hydrogens is 445 g/mol. The maximum Gasteiger partial charge on any atom is 0.303 e. The van der Waals surface area contributed by atoms with Crippen molar-refractivity contribution in [2.75, 3.05) is 0 Å². The summed E-state index contributed by atoms with van der Waals surface area (Å²) in [6, 6.07) is 24.7. The molecule has 1 amide bonds. The Labute approximate surface area is 203 Å². The Morgan fingerprint density at radius 3 is 2.51 bits per heavy atom. The molecule has 0 aliphatic carbocycles. The predicted molar refractivity (Wildman–Crippen MR) is 133 cm³/mol. The SMILES string of the molecule is C[C@@H](NC(=O)c1cc(Oc2ccccc2F)ccc1CCCC(=O)O)c1cccc2ccccc12. The highest BCUT2D eigenvalue weighted by Gasteiger charge is 2.18. The number of amides is 1. The molecule has 0 aliphatic heterocycles. The topological polar surface area (TPSA) is 75.6 Å². The van der Waals surface area contributed by atoms with Gasteiger partial charge in [-0.25, -0.2) is 4.39 Å². The molecule has 2 N–H and O–H groups in total. The first-order valence-electron chi connectivity index (χ1n) is 11.5. The Balaban J connectivity index is 1.61. The number of rotatable bonds is 9. The van der Waals surface area contributed by atoms with E-state index in [1.54, 1.807) is 30.3 Å². The van der Waals surface area contributed by atoms with Gasteiger partial charge in [-0.15, -0.1) is 0 Å². The van der Waals surface area contributed by atoms with Gasteiger partial charge in [-0.1, -0.05) is 60.7 Å². The van der Waals surface area contributed by atoms with Crippen molar-refractivity contribution >= 4 is 22.6 Å². The molecule has 0 saturated carbocycles. The Hall–Kier alpha value is -4.19. The van der Waals surface area contributed by atoms with Gasteiger partial charge >= 0.3 is 5.97 Å². The van der Waals surface area contributed by atoms with Crippen LogP contribution in [0.4, 0.5) is 4.39 Å². The van der Waals surface area contributed by atoms with Crippen LogP contribution in [-0.4, -0.2) is 17.0 Å². The Bertz CT molecular complexity index is 1360. The molecule has 35 heavy (non-hydrogen) atoms. The monoisotopic (exact) mass is 471 g/mol. The fourth-order valence-electron chi connectivity index (χ4n) is 4.11. The van der Waals surface area contributed by atoms with Gasteiger partial charge in [0.25, 0.3) is 5.91 Å². The van der Waals surface area contributed by atoms with Crippen LogP contribution in [0, 0.1) is 5.82 Å². The number of halogens is 1. The third kappa shape index (κ3) is 5.84. The summed E-state index contributed by atoms with van der Waals surface area (Å²) in [4.78, 5) is 24.4. The van der Waals surface area contributed by atoms with E-state index < -0.39 is 11.8 Å². The van der Waals surface area contributed by atoms with Crippen LogP contribution in [0.2, 0.25) is 0 Å². The predicted octanol–water partition coefficient (Wildman–Crippen LogP) is 6.67. The van der Waals surface area contributed by atoms with Crippen LogP contribution < -0.4 is 10.1 Å². The molecule has 1 atom stereocenters. The van der Waals surface area contributed by atoms with Gasteiger partial charge in [-0.05, 0) is 65.9 Å². The summed E-state index contributed by atoms with van der Waals surface area (Å²) in [7, 11) is 0. The molecule has 6 heteroatoms. The number of para-hydroxylation sites is 1. The number of aliphatic carboxylic acids is 1. The van der Waals surface area contributed by atoms with E-state index in [1.807, 2.05) is 49.4 Å². The van der Waals surface area contributed by atoms with E-state index in [0.29, 0.717) is 29.7 Å². The van der Waals surface area contributed by atoms with Gasteiger partial charge in [0.1, 0.15) is 5.75 Å². The van der Waals surface area contributed by atoms with E-state index in [2.05, 4.69) is 5.32 Å². The Kier molecular flexibility index (Phi) is 7.41. The molecule has 4 aromatic carbocycles. The first kappa shape index (κ1) is 24.0. The molecule has 0 bridgehead atoms. The van der Waals surface area contributed by atoms with Crippen molar-refractivity contribution in [2.24, 2.45) is 0 Å². The van der Waals surface area contributed by atoms with Crippen LogP contribution in [0.3, 0.4) is 0 Å². The van der Waals surface area contributed by atoms with E-state index in [-0.39, 0.29) is 24.1 Å². The molecule has 0 fully saturated rings. The fraction of sp³-hybridized carbons (Fsp3) is 0.172. The number of carboxylic acids is 1. The van der Waals surface area contributed by atoms with E-state index in [0.717, 1.165) is 16.3 Å². The van der Waals surface area contributed by atoms with Gasteiger partial charge in [0.05, 0.1) is 6.04 Å². The molecule has 0 aliphatic rings. The van der Waals surface area contributed by atoms with Crippen LogP contribution >= 0.6 is 0 Å². The number of benzene rings is 4. The van der Waals surface area contributed by atoms with Crippen molar-refractivity contribution in [1.29, 1.82) is 0 Å². The molecule has 4 aromatic rings. The zero-order chi connectivity index (χ0) is 24.8. The van der Waals surface area contributed by atoms with Crippen LogP contribution in [0.25, 0.3) is 10.8 Å². The molecule has 5 nitrogen and oxygen atoms in total. The quantitative estimate of drug-likeness (QED) is 0.286. The second-order valence-corrected chi connectivity index (χ2v) is 8.36. The number of carbonyl (C=O) groups is 2. The third-order valence-electron chi connectivity index (χ3n) is 5.86.